The first kappa shape index (κ1) is 17.3. The van der Waals surface area contributed by atoms with E-state index in [9.17, 15) is 21.6 Å². The van der Waals surface area contributed by atoms with Crippen molar-refractivity contribution in [1.82, 2.24) is 0 Å². The molecule has 0 aliphatic carbocycles. The normalized spacial score (nSPS) is 14.6. The molecule has 0 N–H and O–H groups in total. The van der Waals surface area contributed by atoms with Gasteiger partial charge in [0.1, 0.15) is 0 Å². The van der Waals surface area contributed by atoms with Crippen LogP contribution in [0.25, 0.3) is 0 Å². The van der Waals surface area contributed by atoms with Gasteiger partial charge in [-0.05, 0) is 36.5 Å². The summed E-state index contributed by atoms with van der Waals surface area (Å²) in [5.74, 6) is 0.419. The zero-order chi connectivity index (χ0) is 15.6. The lowest BCUT2D eigenvalue weighted by Gasteiger charge is -2.13. The summed E-state index contributed by atoms with van der Waals surface area (Å²) in [4.78, 5) is -0.747. The minimum Gasteiger partial charge on any atom is -0.214 e. The topological polar surface area (TPSA) is 34.1 Å². The quantitative estimate of drug-likeness (QED) is 0.760. The van der Waals surface area contributed by atoms with Gasteiger partial charge in [-0.15, -0.1) is 11.6 Å². The van der Waals surface area contributed by atoms with Gasteiger partial charge in [-0.2, -0.15) is 13.2 Å². The third kappa shape index (κ3) is 4.38. The van der Waals surface area contributed by atoms with Crippen LogP contribution in [0, 0.1) is 5.92 Å². The average Bonchev–Trinajstić information content (AvgIpc) is 2.26. The van der Waals surface area contributed by atoms with E-state index in [2.05, 4.69) is 0 Å². The Kier molecular flexibility index (Phi) is 5.49. The number of halogens is 4. The van der Waals surface area contributed by atoms with Gasteiger partial charge in [0, 0.05) is 5.38 Å². The molecule has 7 heteroatoms. The molecular formula is C13H16ClF3O2S. The van der Waals surface area contributed by atoms with E-state index >= 15 is 0 Å². The van der Waals surface area contributed by atoms with Crippen LogP contribution in [0.4, 0.5) is 13.2 Å². The van der Waals surface area contributed by atoms with Gasteiger partial charge in [-0.1, -0.05) is 26.0 Å². The predicted molar refractivity (Wildman–Crippen MR) is 72.5 cm³/mol. The van der Waals surface area contributed by atoms with Crippen molar-refractivity contribution in [3.63, 3.8) is 0 Å². The molecule has 0 fully saturated rings. The Labute approximate surface area is 121 Å². The van der Waals surface area contributed by atoms with E-state index in [1.807, 2.05) is 13.8 Å². The Morgan fingerprint density at radius 2 is 1.65 bits per heavy atom. The van der Waals surface area contributed by atoms with Gasteiger partial charge >= 0.3 is 5.51 Å². The van der Waals surface area contributed by atoms with Gasteiger partial charge in [-0.3, -0.25) is 0 Å². The molecule has 0 radical (unpaired) electrons. The lowest BCUT2D eigenvalue weighted by Crippen LogP contribution is -2.23. The molecule has 2 nitrogen and oxygen atoms in total. The van der Waals surface area contributed by atoms with Gasteiger partial charge in [-0.25, -0.2) is 8.42 Å². The van der Waals surface area contributed by atoms with Crippen LogP contribution in [0.15, 0.2) is 29.2 Å². The van der Waals surface area contributed by atoms with Crippen LogP contribution in [-0.2, 0) is 16.3 Å². The fourth-order valence-corrected chi connectivity index (χ4v) is 3.09. The van der Waals surface area contributed by atoms with Crippen LogP contribution in [-0.4, -0.2) is 19.3 Å². The molecule has 0 saturated carbocycles. The first-order chi connectivity index (χ1) is 9.04. The summed E-state index contributed by atoms with van der Waals surface area (Å²) in [6.07, 6.45) is 1.27. The molecule has 0 aliphatic heterocycles. The fraction of sp³-hybridized carbons (Fsp3) is 0.538. The summed E-state index contributed by atoms with van der Waals surface area (Å²) in [6, 6.07) is 4.68. The Bertz CT molecular complexity index is 536. The second kappa shape index (κ2) is 6.35. The molecule has 0 saturated heterocycles. The van der Waals surface area contributed by atoms with E-state index in [0.29, 0.717) is 17.9 Å². The second-order valence-corrected chi connectivity index (χ2v) is 7.58. The Balaban J connectivity index is 2.85. The summed E-state index contributed by atoms with van der Waals surface area (Å²) in [5.41, 5.74) is -4.56. The molecule has 0 heterocycles. The molecular weight excluding hydrogens is 313 g/mol. The summed E-state index contributed by atoms with van der Waals surface area (Å²) in [5, 5.41) is -0.125. The zero-order valence-corrected chi connectivity index (χ0v) is 12.7. The molecule has 0 aliphatic rings. The minimum absolute atomic E-state index is 0.125. The summed E-state index contributed by atoms with van der Waals surface area (Å²) in [6.45, 7) is 4.04. The van der Waals surface area contributed by atoms with Gasteiger partial charge in [0.15, 0.2) is 0 Å². The molecule has 1 aromatic carbocycles. The van der Waals surface area contributed by atoms with Crippen LogP contribution >= 0.6 is 11.6 Å². The molecule has 0 bridgehead atoms. The number of hydrogen-bond acceptors (Lipinski definition) is 2. The second-order valence-electron chi connectivity index (χ2n) is 5.02. The van der Waals surface area contributed by atoms with Crippen molar-refractivity contribution in [3.8, 4) is 0 Å². The van der Waals surface area contributed by atoms with E-state index in [-0.39, 0.29) is 5.38 Å². The third-order valence-corrected chi connectivity index (χ3v) is 4.56. The van der Waals surface area contributed by atoms with Gasteiger partial charge in [0.25, 0.3) is 9.84 Å². The van der Waals surface area contributed by atoms with Crippen LogP contribution in [0.1, 0.15) is 25.8 Å². The average molecular weight is 329 g/mol. The fourth-order valence-electron chi connectivity index (χ4n) is 1.79. The number of sulfone groups is 1. The monoisotopic (exact) mass is 328 g/mol. The first-order valence-corrected chi connectivity index (χ1v) is 8.00. The van der Waals surface area contributed by atoms with Crippen LogP contribution < -0.4 is 0 Å². The van der Waals surface area contributed by atoms with Crippen LogP contribution in [0.5, 0.6) is 0 Å². The Morgan fingerprint density at radius 1 is 1.15 bits per heavy atom. The smallest absolute Gasteiger partial charge is 0.214 e. The Morgan fingerprint density at radius 3 is 2.05 bits per heavy atom. The van der Waals surface area contributed by atoms with Crippen molar-refractivity contribution in [2.45, 2.75) is 42.5 Å². The van der Waals surface area contributed by atoms with Crippen molar-refractivity contribution < 1.29 is 21.6 Å². The molecule has 0 amide bonds. The third-order valence-electron chi connectivity index (χ3n) is 2.72. The molecule has 0 aromatic heterocycles. The molecule has 20 heavy (non-hydrogen) atoms. The van der Waals surface area contributed by atoms with Crippen LogP contribution in [0.2, 0.25) is 0 Å². The predicted octanol–water partition coefficient (Wildman–Crippen LogP) is 4.18. The zero-order valence-electron chi connectivity index (χ0n) is 11.1. The lowest BCUT2D eigenvalue weighted by molar-refractivity contribution is -0.0436. The van der Waals surface area contributed by atoms with Crippen molar-refractivity contribution in [1.29, 1.82) is 0 Å². The van der Waals surface area contributed by atoms with E-state index in [0.717, 1.165) is 18.6 Å². The molecule has 0 spiro atoms. The van der Waals surface area contributed by atoms with E-state index in [1.54, 1.807) is 0 Å². The molecule has 1 aromatic rings. The molecule has 1 rings (SSSR count). The highest BCUT2D eigenvalue weighted by molar-refractivity contribution is 7.92. The van der Waals surface area contributed by atoms with E-state index in [4.69, 9.17) is 11.6 Å². The highest BCUT2D eigenvalue weighted by Crippen LogP contribution is 2.30. The molecule has 1 unspecified atom stereocenters. The molecule has 1 atom stereocenters. The van der Waals surface area contributed by atoms with E-state index < -0.39 is 20.2 Å². The summed E-state index contributed by atoms with van der Waals surface area (Å²) in [7, 11) is -5.27. The maximum atomic E-state index is 12.4. The number of rotatable bonds is 5. The van der Waals surface area contributed by atoms with Gasteiger partial charge < -0.3 is 0 Å². The van der Waals surface area contributed by atoms with Crippen molar-refractivity contribution in [2.75, 3.05) is 0 Å². The maximum absolute atomic E-state index is 12.4. The number of hydrogen-bond donors (Lipinski definition) is 0. The van der Waals surface area contributed by atoms with Gasteiger partial charge in [0.2, 0.25) is 0 Å². The summed E-state index contributed by atoms with van der Waals surface area (Å²) < 4.78 is 59.5. The first-order valence-electron chi connectivity index (χ1n) is 6.08. The minimum atomic E-state index is -5.28. The van der Waals surface area contributed by atoms with Crippen LogP contribution in [0.3, 0.4) is 0 Å². The van der Waals surface area contributed by atoms with Crippen molar-refractivity contribution in [2.24, 2.45) is 5.92 Å². The SMILES string of the molecule is CC(C)CC(Cl)Cc1ccc(S(=O)(=O)C(F)(F)F)cc1. The van der Waals surface area contributed by atoms with Crippen molar-refractivity contribution in [3.05, 3.63) is 29.8 Å². The number of alkyl halides is 4. The Hall–Kier alpha value is -0.750. The highest BCUT2D eigenvalue weighted by atomic mass is 35.5. The maximum Gasteiger partial charge on any atom is 0.501 e. The van der Waals surface area contributed by atoms with Crippen molar-refractivity contribution >= 4 is 21.4 Å². The van der Waals surface area contributed by atoms with E-state index in [1.165, 1.54) is 12.1 Å². The largest absolute Gasteiger partial charge is 0.501 e. The molecule has 114 valence electrons. The highest BCUT2D eigenvalue weighted by Gasteiger charge is 2.46. The van der Waals surface area contributed by atoms with Gasteiger partial charge in [0.05, 0.1) is 4.90 Å². The number of benzene rings is 1. The summed E-state index contributed by atoms with van der Waals surface area (Å²) >= 11 is 6.11. The standard InChI is InChI=1S/C13H16ClF3O2S/c1-9(2)7-11(14)8-10-3-5-12(6-4-10)20(18,19)13(15,16)17/h3-6,9,11H,7-8H2,1-2H3. The lowest BCUT2D eigenvalue weighted by atomic mass is 10.0.